The molecule has 1 fully saturated rings. The molecule has 28 heavy (non-hydrogen) atoms. The first kappa shape index (κ1) is 20.2. The maximum Gasteiger partial charge on any atom is 0.321 e. The van der Waals surface area contributed by atoms with E-state index >= 15 is 0 Å². The van der Waals surface area contributed by atoms with Crippen LogP contribution in [0.5, 0.6) is 0 Å². The number of halogens is 2. The van der Waals surface area contributed by atoms with Gasteiger partial charge in [-0.1, -0.05) is 41.4 Å². The molecule has 146 valence electrons. The van der Waals surface area contributed by atoms with Gasteiger partial charge >= 0.3 is 6.03 Å². The van der Waals surface area contributed by atoms with Crippen LogP contribution in [-0.4, -0.2) is 36.0 Å². The number of hydrogen-bond acceptors (Lipinski definition) is 2. The SMILES string of the molecule is O=C(/C=C/c1cc(Cl)ccc1Cl)NC1CCN(C(=O)Nc2ccccc2)CC1. The molecule has 0 radical (unpaired) electrons. The average Bonchev–Trinajstić information content (AvgIpc) is 2.70. The lowest BCUT2D eigenvalue weighted by Crippen LogP contribution is -2.47. The molecule has 1 heterocycles. The molecular formula is C21H21Cl2N3O2. The summed E-state index contributed by atoms with van der Waals surface area (Å²) in [6.45, 7) is 1.18. The van der Waals surface area contributed by atoms with Crippen LogP contribution in [-0.2, 0) is 4.79 Å². The summed E-state index contributed by atoms with van der Waals surface area (Å²) in [5.74, 6) is -0.191. The standard InChI is InChI=1S/C21H21Cl2N3O2/c22-16-7-8-19(23)15(14-16)6-9-20(27)24-18-10-12-26(13-11-18)21(28)25-17-4-2-1-3-5-17/h1-9,14,18H,10-13H2,(H,24,27)(H,25,28)/b9-6+. The van der Waals surface area contributed by atoms with Crippen LogP contribution < -0.4 is 10.6 Å². The number of likely N-dealkylation sites (tertiary alicyclic amines) is 1. The van der Waals surface area contributed by atoms with Gasteiger partial charge in [-0.25, -0.2) is 4.79 Å². The van der Waals surface area contributed by atoms with Crippen molar-refractivity contribution in [2.45, 2.75) is 18.9 Å². The molecule has 5 nitrogen and oxygen atoms in total. The van der Waals surface area contributed by atoms with Crippen LogP contribution in [0.4, 0.5) is 10.5 Å². The Kier molecular flexibility index (Phi) is 6.95. The molecule has 2 aromatic rings. The number of nitrogens with zero attached hydrogens (tertiary/aromatic N) is 1. The Hall–Kier alpha value is -2.50. The Balaban J connectivity index is 1.46. The summed E-state index contributed by atoms with van der Waals surface area (Å²) in [6.07, 6.45) is 4.51. The van der Waals surface area contributed by atoms with Gasteiger partial charge in [0.05, 0.1) is 0 Å². The minimum Gasteiger partial charge on any atom is -0.350 e. The largest absolute Gasteiger partial charge is 0.350 e. The summed E-state index contributed by atoms with van der Waals surface area (Å²) >= 11 is 12.0. The number of benzene rings is 2. The highest BCUT2D eigenvalue weighted by molar-refractivity contribution is 6.34. The van der Waals surface area contributed by atoms with E-state index in [4.69, 9.17) is 23.2 Å². The van der Waals surface area contributed by atoms with Gasteiger partial charge < -0.3 is 15.5 Å². The predicted molar refractivity (Wildman–Crippen MR) is 114 cm³/mol. The average molecular weight is 418 g/mol. The van der Waals surface area contributed by atoms with Gasteiger partial charge in [-0.05, 0) is 54.8 Å². The third-order valence-electron chi connectivity index (χ3n) is 4.53. The zero-order chi connectivity index (χ0) is 19.9. The van der Waals surface area contributed by atoms with Gasteiger partial charge in [0.2, 0.25) is 5.91 Å². The molecule has 0 aromatic heterocycles. The lowest BCUT2D eigenvalue weighted by Gasteiger charge is -2.32. The highest BCUT2D eigenvalue weighted by Gasteiger charge is 2.23. The van der Waals surface area contributed by atoms with E-state index in [1.54, 1.807) is 29.2 Å². The van der Waals surface area contributed by atoms with Crippen molar-refractivity contribution >= 4 is 46.9 Å². The van der Waals surface area contributed by atoms with E-state index in [9.17, 15) is 9.59 Å². The second-order valence-corrected chi connectivity index (χ2v) is 7.41. The summed E-state index contributed by atoms with van der Waals surface area (Å²) in [5, 5.41) is 6.95. The number of nitrogens with one attached hydrogen (secondary N) is 2. The van der Waals surface area contributed by atoms with Crippen LogP contribution in [0.25, 0.3) is 6.08 Å². The van der Waals surface area contributed by atoms with Crippen molar-refractivity contribution in [2.75, 3.05) is 18.4 Å². The minimum absolute atomic E-state index is 0.0350. The molecule has 3 rings (SSSR count). The topological polar surface area (TPSA) is 61.4 Å². The molecule has 0 saturated carbocycles. The molecule has 0 unspecified atom stereocenters. The van der Waals surface area contributed by atoms with E-state index in [0.717, 1.165) is 5.69 Å². The number of carbonyl (C=O) groups is 2. The first-order chi connectivity index (χ1) is 13.5. The number of carbonyl (C=O) groups excluding carboxylic acids is 2. The number of anilines is 1. The van der Waals surface area contributed by atoms with E-state index in [1.807, 2.05) is 30.3 Å². The fourth-order valence-electron chi connectivity index (χ4n) is 3.01. The number of amides is 3. The molecule has 3 amide bonds. The Morgan fingerprint density at radius 2 is 1.75 bits per heavy atom. The second-order valence-electron chi connectivity index (χ2n) is 6.57. The van der Waals surface area contributed by atoms with Crippen molar-refractivity contribution in [3.8, 4) is 0 Å². The van der Waals surface area contributed by atoms with Gasteiger partial charge in [-0.2, -0.15) is 0 Å². The number of hydrogen-bond donors (Lipinski definition) is 2. The number of urea groups is 1. The fraction of sp³-hybridized carbons (Fsp3) is 0.238. The molecule has 0 spiro atoms. The quantitative estimate of drug-likeness (QED) is 0.700. The van der Waals surface area contributed by atoms with Crippen molar-refractivity contribution in [3.05, 3.63) is 70.2 Å². The van der Waals surface area contributed by atoms with Gasteiger partial charge in [0.1, 0.15) is 0 Å². The van der Waals surface area contributed by atoms with E-state index in [0.29, 0.717) is 41.5 Å². The predicted octanol–water partition coefficient (Wildman–Crippen LogP) is 4.82. The van der Waals surface area contributed by atoms with Crippen molar-refractivity contribution < 1.29 is 9.59 Å². The summed E-state index contributed by atoms with van der Waals surface area (Å²) in [4.78, 5) is 26.2. The van der Waals surface area contributed by atoms with E-state index in [-0.39, 0.29) is 18.0 Å². The zero-order valence-electron chi connectivity index (χ0n) is 15.2. The molecule has 2 N–H and O–H groups in total. The normalized spacial score (nSPS) is 14.9. The number of para-hydroxylation sites is 1. The molecule has 1 saturated heterocycles. The van der Waals surface area contributed by atoms with Crippen LogP contribution in [0.15, 0.2) is 54.6 Å². The van der Waals surface area contributed by atoms with E-state index in [2.05, 4.69) is 10.6 Å². The third-order valence-corrected chi connectivity index (χ3v) is 5.11. The molecular weight excluding hydrogens is 397 g/mol. The van der Waals surface area contributed by atoms with E-state index < -0.39 is 0 Å². The summed E-state index contributed by atoms with van der Waals surface area (Å²) in [7, 11) is 0. The Labute approximate surface area is 174 Å². The highest BCUT2D eigenvalue weighted by Crippen LogP contribution is 2.21. The Bertz CT molecular complexity index is 863. The summed E-state index contributed by atoms with van der Waals surface area (Å²) in [5.41, 5.74) is 1.46. The number of piperidine rings is 1. The van der Waals surface area contributed by atoms with Crippen LogP contribution >= 0.6 is 23.2 Å². The molecule has 2 aromatic carbocycles. The van der Waals surface area contributed by atoms with Crippen molar-refractivity contribution in [2.24, 2.45) is 0 Å². The molecule has 1 aliphatic rings. The van der Waals surface area contributed by atoms with Crippen molar-refractivity contribution in [1.82, 2.24) is 10.2 Å². The summed E-state index contributed by atoms with van der Waals surface area (Å²) in [6, 6.07) is 14.4. The maximum absolute atomic E-state index is 12.3. The minimum atomic E-state index is -0.191. The maximum atomic E-state index is 12.3. The molecule has 0 bridgehead atoms. The van der Waals surface area contributed by atoms with Crippen LogP contribution in [0.1, 0.15) is 18.4 Å². The Morgan fingerprint density at radius 3 is 2.46 bits per heavy atom. The Morgan fingerprint density at radius 1 is 1.04 bits per heavy atom. The fourth-order valence-corrected chi connectivity index (χ4v) is 3.37. The van der Waals surface area contributed by atoms with Crippen LogP contribution in [0.2, 0.25) is 10.0 Å². The highest BCUT2D eigenvalue weighted by atomic mass is 35.5. The molecule has 1 aliphatic heterocycles. The first-order valence-electron chi connectivity index (χ1n) is 9.06. The molecule has 0 aliphatic carbocycles. The van der Waals surface area contributed by atoms with Gasteiger partial charge in [0.25, 0.3) is 0 Å². The van der Waals surface area contributed by atoms with Crippen LogP contribution in [0.3, 0.4) is 0 Å². The summed E-state index contributed by atoms with van der Waals surface area (Å²) < 4.78 is 0. The van der Waals surface area contributed by atoms with E-state index in [1.165, 1.54) is 6.08 Å². The van der Waals surface area contributed by atoms with Gasteiger partial charge in [0, 0.05) is 40.9 Å². The third kappa shape index (κ3) is 5.75. The smallest absolute Gasteiger partial charge is 0.321 e. The molecule has 0 atom stereocenters. The molecule has 7 heteroatoms. The van der Waals surface area contributed by atoms with Gasteiger partial charge in [-0.3, -0.25) is 4.79 Å². The first-order valence-corrected chi connectivity index (χ1v) is 9.81. The number of rotatable bonds is 4. The van der Waals surface area contributed by atoms with Crippen molar-refractivity contribution in [1.29, 1.82) is 0 Å². The lowest BCUT2D eigenvalue weighted by molar-refractivity contribution is -0.117. The zero-order valence-corrected chi connectivity index (χ0v) is 16.7. The van der Waals surface area contributed by atoms with Gasteiger partial charge in [0.15, 0.2) is 0 Å². The lowest BCUT2D eigenvalue weighted by atomic mass is 10.1. The second kappa shape index (κ2) is 9.62. The van der Waals surface area contributed by atoms with Crippen molar-refractivity contribution in [3.63, 3.8) is 0 Å². The van der Waals surface area contributed by atoms with Gasteiger partial charge in [-0.15, -0.1) is 0 Å². The monoisotopic (exact) mass is 417 g/mol. The van der Waals surface area contributed by atoms with Crippen LogP contribution in [0, 0.1) is 0 Å².